The zero-order chi connectivity index (χ0) is 31.3. The number of furan rings is 1. The minimum atomic E-state index is -0.242. The monoisotopic (exact) mass is 603 g/mol. The molecular weight excluding hydrogens is 574 g/mol. The summed E-state index contributed by atoms with van der Waals surface area (Å²) >= 11 is 0. The van der Waals surface area contributed by atoms with Gasteiger partial charge in [-0.05, 0) is 40.5 Å². The SMILES string of the molecule is CC1(C)c2ccccc2-c2c1c1c3ccccc3n(-c3nc(-c4ccccc4)cc(-c4ccccc4)n3)c1c1oc3ccccc3c21. The molecule has 0 N–H and O–H groups in total. The molecule has 10 rings (SSSR count). The first kappa shape index (κ1) is 26.2. The van der Waals surface area contributed by atoms with Gasteiger partial charge in [-0.15, -0.1) is 0 Å². The molecule has 0 saturated carbocycles. The number of para-hydroxylation sites is 2. The lowest BCUT2D eigenvalue weighted by atomic mass is 9.80. The van der Waals surface area contributed by atoms with Crippen molar-refractivity contribution in [2.75, 3.05) is 0 Å². The number of fused-ring (bicyclic) bond motifs is 12. The van der Waals surface area contributed by atoms with Gasteiger partial charge in [-0.2, -0.15) is 0 Å². The Labute approximate surface area is 271 Å². The first-order valence-corrected chi connectivity index (χ1v) is 16.1. The molecule has 0 spiro atoms. The number of aromatic nitrogens is 3. The van der Waals surface area contributed by atoms with Crippen LogP contribution in [0.2, 0.25) is 0 Å². The van der Waals surface area contributed by atoms with Gasteiger partial charge < -0.3 is 4.42 Å². The lowest BCUT2D eigenvalue weighted by Gasteiger charge is -2.23. The molecule has 0 radical (unpaired) electrons. The predicted octanol–water partition coefficient (Wildman–Crippen LogP) is 11.1. The summed E-state index contributed by atoms with van der Waals surface area (Å²) in [6, 6.07) is 48.8. The molecule has 0 amide bonds. The third kappa shape index (κ3) is 3.58. The first-order valence-electron chi connectivity index (χ1n) is 16.1. The van der Waals surface area contributed by atoms with E-state index in [-0.39, 0.29) is 5.41 Å². The Balaban J connectivity index is 1.43. The third-order valence-electron chi connectivity index (χ3n) is 9.98. The summed E-state index contributed by atoms with van der Waals surface area (Å²) in [7, 11) is 0. The molecule has 9 aromatic rings. The molecule has 222 valence electrons. The third-order valence-corrected chi connectivity index (χ3v) is 9.98. The first-order chi connectivity index (χ1) is 23.1. The Kier molecular flexibility index (Phi) is 5.31. The van der Waals surface area contributed by atoms with E-state index in [1.165, 1.54) is 27.6 Å². The summed E-state index contributed by atoms with van der Waals surface area (Å²) in [6.45, 7) is 4.72. The van der Waals surface area contributed by atoms with Crippen LogP contribution in [0.15, 0.2) is 144 Å². The second-order valence-electron chi connectivity index (χ2n) is 13.0. The van der Waals surface area contributed by atoms with E-state index in [4.69, 9.17) is 14.4 Å². The van der Waals surface area contributed by atoms with Crippen LogP contribution in [0.5, 0.6) is 0 Å². The van der Waals surface area contributed by atoms with Crippen LogP contribution in [0, 0.1) is 0 Å². The fraction of sp³-hybridized carbons (Fsp3) is 0.0698. The zero-order valence-electron chi connectivity index (χ0n) is 26.0. The number of benzene rings is 6. The van der Waals surface area contributed by atoms with Crippen LogP contribution < -0.4 is 0 Å². The van der Waals surface area contributed by atoms with Crippen molar-refractivity contribution in [3.8, 4) is 39.6 Å². The van der Waals surface area contributed by atoms with Crippen LogP contribution >= 0.6 is 0 Å². The van der Waals surface area contributed by atoms with Crippen LogP contribution in [-0.4, -0.2) is 14.5 Å². The van der Waals surface area contributed by atoms with Crippen LogP contribution in [0.1, 0.15) is 25.0 Å². The lowest BCUT2D eigenvalue weighted by molar-refractivity contribution is 0.663. The highest BCUT2D eigenvalue weighted by molar-refractivity contribution is 6.29. The van der Waals surface area contributed by atoms with Crippen LogP contribution in [0.3, 0.4) is 0 Å². The van der Waals surface area contributed by atoms with Crippen LogP contribution in [-0.2, 0) is 5.41 Å². The van der Waals surface area contributed by atoms with E-state index in [1.54, 1.807) is 0 Å². The quantitative estimate of drug-likeness (QED) is 0.202. The average molecular weight is 604 g/mol. The Morgan fingerprint density at radius 3 is 1.91 bits per heavy atom. The fourth-order valence-corrected chi connectivity index (χ4v) is 7.95. The Bertz CT molecular complexity index is 2640. The van der Waals surface area contributed by atoms with Gasteiger partial charge in [0.2, 0.25) is 5.95 Å². The maximum absolute atomic E-state index is 6.92. The highest BCUT2D eigenvalue weighted by atomic mass is 16.3. The Morgan fingerprint density at radius 2 is 1.19 bits per heavy atom. The minimum absolute atomic E-state index is 0.242. The van der Waals surface area contributed by atoms with Gasteiger partial charge in [0.15, 0.2) is 5.58 Å². The van der Waals surface area contributed by atoms with Gasteiger partial charge in [0.05, 0.1) is 16.9 Å². The van der Waals surface area contributed by atoms with E-state index in [0.717, 1.165) is 60.9 Å². The molecule has 47 heavy (non-hydrogen) atoms. The van der Waals surface area contributed by atoms with Crippen molar-refractivity contribution in [2.24, 2.45) is 0 Å². The molecule has 6 aromatic carbocycles. The molecule has 3 heterocycles. The van der Waals surface area contributed by atoms with Gasteiger partial charge in [-0.1, -0.05) is 135 Å². The zero-order valence-corrected chi connectivity index (χ0v) is 26.0. The maximum atomic E-state index is 6.92. The molecule has 0 aliphatic heterocycles. The fourth-order valence-electron chi connectivity index (χ4n) is 7.95. The molecule has 4 nitrogen and oxygen atoms in total. The predicted molar refractivity (Wildman–Crippen MR) is 192 cm³/mol. The highest BCUT2D eigenvalue weighted by Crippen LogP contribution is 2.57. The van der Waals surface area contributed by atoms with Crippen molar-refractivity contribution in [1.29, 1.82) is 0 Å². The van der Waals surface area contributed by atoms with Crippen molar-refractivity contribution >= 4 is 43.7 Å². The summed E-state index contributed by atoms with van der Waals surface area (Å²) in [5.74, 6) is 0.617. The van der Waals surface area contributed by atoms with E-state index >= 15 is 0 Å². The van der Waals surface area contributed by atoms with E-state index in [2.05, 4.69) is 140 Å². The van der Waals surface area contributed by atoms with Gasteiger partial charge in [0.25, 0.3) is 0 Å². The molecule has 1 aliphatic rings. The van der Waals surface area contributed by atoms with Crippen molar-refractivity contribution in [1.82, 2.24) is 14.5 Å². The second-order valence-corrected chi connectivity index (χ2v) is 13.0. The van der Waals surface area contributed by atoms with Crippen LogP contribution in [0.25, 0.3) is 83.3 Å². The molecule has 0 unspecified atom stereocenters. The van der Waals surface area contributed by atoms with Gasteiger partial charge in [-0.25, -0.2) is 9.97 Å². The lowest BCUT2D eigenvalue weighted by Crippen LogP contribution is -2.15. The Hall–Kier alpha value is -6.00. The number of rotatable bonds is 3. The van der Waals surface area contributed by atoms with Gasteiger partial charge in [-0.3, -0.25) is 4.57 Å². The normalized spacial score (nSPS) is 13.5. The second kappa shape index (κ2) is 9.51. The number of hydrogen-bond donors (Lipinski definition) is 0. The maximum Gasteiger partial charge on any atom is 0.235 e. The number of nitrogens with zero attached hydrogens (tertiary/aromatic N) is 3. The summed E-state index contributed by atoms with van der Waals surface area (Å²) in [4.78, 5) is 10.6. The standard InChI is InChI=1S/C43H29N3O/c1-43(2)31-22-12-9-19-28(31)36-37-30-21-11-14-24-35(30)47-41(37)40-38(39(36)43)29-20-10-13-23-34(29)46(40)42-44-32(26-15-5-3-6-16-26)25-33(45-42)27-17-7-4-8-18-27/h3-25H,1-2H3. The molecular formula is C43H29N3O. The molecule has 0 bridgehead atoms. The molecule has 1 aliphatic carbocycles. The number of hydrogen-bond acceptors (Lipinski definition) is 3. The van der Waals surface area contributed by atoms with Gasteiger partial charge >= 0.3 is 0 Å². The largest absolute Gasteiger partial charge is 0.454 e. The molecule has 3 aromatic heterocycles. The van der Waals surface area contributed by atoms with Crippen molar-refractivity contribution < 1.29 is 4.42 Å². The van der Waals surface area contributed by atoms with Crippen molar-refractivity contribution in [3.05, 3.63) is 151 Å². The molecule has 0 fully saturated rings. The molecule has 0 atom stereocenters. The molecule has 0 saturated heterocycles. The van der Waals surface area contributed by atoms with Crippen LogP contribution in [0.4, 0.5) is 0 Å². The van der Waals surface area contributed by atoms with Crippen molar-refractivity contribution in [2.45, 2.75) is 19.3 Å². The van der Waals surface area contributed by atoms with Gasteiger partial charge in [0.1, 0.15) is 11.1 Å². The van der Waals surface area contributed by atoms with E-state index in [1.807, 2.05) is 18.2 Å². The summed E-state index contributed by atoms with van der Waals surface area (Å²) in [5.41, 5.74) is 12.6. The van der Waals surface area contributed by atoms with E-state index < -0.39 is 0 Å². The summed E-state index contributed by atoms with van der Waals surface area (Å²) in [5, 5.41) is 4.62. The minimum Gasteiger partial charge on any atom is -0.454 e. The van der Waals surface area contributed by atoms with Crippen molar-refractivity contribution in [3.63, 3.8) is 0 Å². The summed E-state index contributed by atoms with van der Waals surface area (Å²) < 4.78 is 9.16. The summed E-state index contributed by atoms with van der Waals surface area (Å²) in [6.07, 6.45) is 0. The smallest absolute Gasteiger partial charge is 0.235 e. The van der Waals surface area contributed by atoms with E-state index in [9.17, 15) is 0 Å². The van der Waals surface area contributed by atoms with Gasteiger partial charge in [0, 0.05) is 38.1 Å². The van der Waals surface area contributed by atoms with E-state index in [0.29, 0.717) is 5.95 Å². The average Bonchev–Trinajstić information content (AvgIpc) is 3.75. The molecule has 4 heteroatoms. The highest BCUT2D eigenvalue weighted by Gasteiger charge is 2.41. The Morgan fingerprint density at radius 1 is 0.596 bits per heavy atom. The topological polar surface area (TPSA) is 43.9 Å².